The molecule has 0 saturated carbocycles. The van der Waals surface area contributed by atoms with E-state index >= 15 is 0 Å². The number of halogens is 1. The summed E-state index contributed by atoms with van der Waals surface area (Å²) in [5.41, 5.74) is 0.676. The monoisotopic (exact) mass is 295 g/mol. The third kappa shape index (κ3) is 3.87. The molecule has 1 N–H and O–H groups in total. The summed E-state index contributed by atoms with van der Waals surface area (Å²) in [5, 5.41) is 3.41. The number of anilines is 1. The summed E-state index contributed by atoms with van der Waals surface area (Å²) in [6.45, 7) is 4.04. The van der Waals surface area contributed by atoms with Crippen LogP contribution in [-0.2, 0) is 4.79 Å². The Labute approximate surface area is 123 Å². The van der Waals surface area contributed by atoms with Crippen molar-refractivity contribution in [3.63, 3.8) is 0 Å². The number of urea groups is 1. The van der Waals surface area contributed by atoms with E-state index in [1.54, 1.807) is 41.0 Å². The molecule has 2 rings (SSSR count). The minimum absolute atomic E-state index is 0.0575. The standard InChI is InChI=1S/C14H18ClN3O2/c1-11(19)17-6-3-7-18(9-8-17)14(20)16-13-5-2-4-12(15)10-13/h2,4-5,10H,3,6-9H2,1H3,(H,16,20). The zero-order valence-corrected chi connectivity index (χ0v) is 12.2. The zero-order chi connectivity index (χ0) is 14.5. The van der Waals surface area contributed by atoms with Gasteiger partial charge >= 0.3 is 6.03 Å². The van der Waals surface area contributed by atoms with E-state index in [4.69, 9.17) is 11.6 Å². The molecule has 0 aliphatic carbocycles. The number of benzene rings is 1. The van der Waals surface area contributed by atoms with E-state index in [2.05, 4.69) is 5.32 Å². The average Bonchev–Trinajstić information content (AvgIpc) is 2.64. The van der Waals surface area contributed by atoms with Crippen LogP contribution in [0.4, 0.5) is 10.5 Å². The normalized spacial score (nSPS) is 15.7. The van der Waals surface area contributed by atoms with Gasteiger partial charge in [0.05, 0.1) is 0 Å². The van der Waals surface area contributed by atoms with Gasteiger partial charge in [-0.25, -0.2) is 4.79 Å². The van der Waals surface area contributed by atoms with Gasteiger partial charge in [-0.3, -0.25) is 4.79 Å². The van der Waals surface area contributed by atoms with E-state index < -0.39 is 0 Å². The second-order valence-electron chi connectivity index (χ2n) is 4.79. The molecule has 3 amide bonds. The van der Waals surface area contributed by atoms with E-state index in [-0.39, 0.29) is 11.9 Å². The predicted molar refractivity (Wildman–Crippen MR) is 78.9 cm³/mol. The average molecular weight is 296 g/mol. The third-order valence-corrected chi connectivity index (χ3v) is 3.54. The van der Waals surface area contributed by atoms with Gasteiger partial charge in [0.25, 0.3) is 0 Å². The first-order valence-electron chi connectivity index (χ1n) is 6.63. The molecular formula is C14H18ClN3O2. The summed E-state index contributed by atoms with van der Waals surface area (Å²) in [6, 6.07) is 6.90. The number of nitrogens with zero attached hydrogens (tertiary/aromatic N) is 2. The number of hydrogen-bond donors (Lipinski definition) is 1. The molecule has 108 valence electrons. The summed E-state index contributed by atoms with van der Waals surface area (Å²) in [7, 11) is 0. The Balaban J connectivity index is 1.94. The van der Waals surface area contributed by atoms with Crippen LogP contribution in [0.1, 0.15) is 13.3 Å². The lowest BCUT2D eigenvalue weighted by Gasteiger charge is -2.21. The summed E-state index contributed by atoms with van der Waals surface area (Å²) < 4.78 is 0. The van der Waals surface area contributed by atoms with Crippen molar-refractivity contribution in [2.75, 3.05) is 31.5 Å². The number of hydrogen-bond acceptors (Lipinski definition) is 2. The van der Waals surface area contributed by atoms with Crippen LogP contribution in [0.2, 0.25) is 5.02 Å². The Morgan fingerprint density at radius 2 is 1.85 bits per heavy atom. The molecule has 0 atom stereocenters. The van der Waals surface area contributed by atoms with Gasteiger partial charge < -0.3 is 15.1 Å². The van der Waals surface area contributed by atoms with Crippen molar-refractivity contribution in [2.24, 2.45) is 0 Å². The smallest absolute Gasteiger partial charge is 0.321 e. The fourth-order valence-corrected chi connectivity index (χ4v) is 2.39. The molecule has 0 aromatic heterocycles. The molecule has 6 heteroatoms. The summed E-state index contributed by atoms with van der Waals surface area (Å²) in [4.78, 5) is 27.0. The second kappa shape index (κ2) is 6.61. The van der Waals surface area contributed by atoms with Crippen molar-refractivity contribution in [3.05, 3.63) is 29.3 Å². The quantitative estimate of drug-likeness (QED) is 0.865. The molecule has 20 heavy (non-hydrogen) atoms. The number of carbonyl (C=O) groups excluding carboxylic acids is 2. The summed E-state index contributed by atoms with van der Waals surface area (Å²) >= 11 is 5.89. The van der Waals surface area contributed by atoms with Crippen LogP contribution < -0.4 is 5.32 Å². The molecule has 1 aromatic rings. The van der Waals surface area contributed by atoms with Gasteiger partial charge in [-0.05, 0) is 24.6 Å². The maximum atomic E-state index is 12.2. The lowest BCUT2D eigenvalue weighted by Crippen LogP contribution is -2.38. The van der Waals surface area contributed by atoms with Crippen LogP contribution in [0.5, 0.6) is 0 Å². The molecule has 0 spiro atoms. The second-order valence-corrected chi connectivity index (χ2v) is 5.22. The number of amides is 3. The van der Waals surface area contributed by atoms with Crippen LogP contribution in [0.3, 0.4) is 0 Å². The van der Waals surface area contributed by atoms with Crippen molar-refractivity contribution in [2.45, 2.75) is 13.3 Å². The molecule has 1 aliphatic rings. The Morgan fingerprint density at radius 1 is 1.15 bits per heavy atom. The summed E-state index contributed by atoms with van der Waals surface area (Å²) in [6.07, 6.45) is 0.794. The van der Waals surface area contributed by atoms with E-state index in [1.165, 1.54) is 0 Å². The topological polar surface area (TPSA) is 52.7 Å². The van der Waals surface area contributed by atoms with Gasteiger partial charge in [-0.15, -0.1) is 0 Å². The van der Waals surface area contributed by atoms with Crippen molar-refractivity contribution in [1.82, 2.24) is 9.80 Å². The highest BCUT2D eigenvalue weighted by atomic mass is 35.5. The third-order valence-electron chi connectivity index (χ3n) is 3.30. The molecule has 0 unspecified atom stereocenters. The predicted octanol–water partition coefficient (Wildman–Crippen LogP) is 2.43. The number of carbonyl (C=O) groups is 2. The van der Waals surface area contributed by atoms with Gasteiger partial charge in [0.15, 0.2) is 0 Å². The Kier molecular flexibility index (Phi) is 4.84. The van der Waals surface area contributed by atoms with E-state index in [1.807, 2.05) is 0 Å². The molecule has 5 nitrogen and oxygen atoms in total. The first-order valence-corrected chi connectivity index (χ1v) is 7.01. The van der Waals surface area contributed by atoms with Gasteiger partial charge in [0, 0.05) is 43.8 Å². The van der Waals surface area contributed by atoms with E-state index in [0.29, 0.717) is 36.9 Å². The summed E-state index contributed by atoms with van der Waals surface area (Å²) in [5.74, 6) is 0.0575. The van der Waals surface area contributed by atoms with Crippen LogP contribution in [-0.4, -0.2) is 47.9 Å². The van der Waals surface area contributed by atoms with Gasteiger partial charge in [0.2, 0.25) is 5.91 Å². The molecule has 1 aromatic carbocycles. The van der Waals surface area contributed by atoms with Crippen LogP contribution in [0.15, 0.2) is 24.3 Å². The maximum Gasteiger partial charge on any atom is 0.321 e. The van der Waals surface area contributed by atoms with Crippen molar-refractivity contribution < 1.29 is 9.59 Å². The first kappa shape index (κ1) is 14.7. The highest BCUT2D eigenvalue weighted by molar-refractivity contribution is 6.30. The van der Waals surface area contributed by atoms with E-state index in [0.717, 1.165) is 6.42 Å². The SMILES string of the molecule is CC(=O)N1CCCN(C(=O)Nc2cccc(Cl)c2)CC1. The molecule has 0 bridgehead atoms. The van der Waals surface area contributed by atoms with Crippen molar-refractivity contribution in [3.8, 4) is 0 Å². The number of rotatable bonds is 1. The Bertz CT molecular complexity index is 507. The highest BCUT2D eigenvalue weighted by Crippen LogP contribution is 2.15. The first-order chi connectivity index (χ1) is 9.56. The fraction of sp³-hybridized carbons (Fsp3) is 0.429. The molecular weight excluding hydrogens is 278 g/mol. The molecule has 1 aliphatic heterocycles. The van der Waals surface area contributed by atoms with Gasteiger partial charge in [-0.2, -0.15) is 0 Å². The van der Waals surface area contributed by atoms with Crippen molar-refractivity contribution >= 4 is 29.2 Å². The van der Waals surface area contributed by atoms with Crippen LogP contribution in [0.25, 0.3) is 0 Å². The van der Waals surface area contributed by atoms with Crippen LogP contribution >= 0.6 is 11.6 Å². The molecule has 0 radical (unpaired) electrons. The lowest BCUT2D eigenvalue weighted by atomic mass is 10.3. The lowest BCUT2D eigenvalue weighted by molar-refractivity contribution is -0.128. The number of nitrogens with one attached hydrogen (secondary N) is 1. The van der Waals surface area contributed by atoms with Crippen LogP contribution in [0, 0.1) is 0 Å². The zero-order valence-electron chi connectivity index (χ0n) is 11.4. The Hall–Kier alpha value is -1.75. The highest BCUT2D eigenvalue weighted by Gasteiger charge is 2.20. The van der Waals surface area contributed by atoms with Crippen molar-refractivity contribution in [1.29, 1.82) is 0 Å². The minimum Gasteiger partial charge on any atom is -0.341 e. The van der Waals surface area contributed by atoms with E-state index in [9.17, 15) is 9.59 Å². The molecule has 1 heterocycles. The van der Waals surface area contributed by atoms with Gasteiger partial charge in [0.1, 0.15) is 0 Å². The largest absolute Gasteiger partial charge is 0.341 e. The maximum absolute atomic E-state index is 12.2. The molecule has 1 fully saturated rings. The fourth-order valence-electron chi connectivity index (χ4n) is 2.20. The van der Waals surface area contributed by atoms with Gasteiger partial charge in [-0.1, -0.05) is 17.7 Å². The minimum atomic E-state index is -0.155. The molecule has 1 saturated heterocycles. The Morgan fingerprint density at radius 3 is 2.55 bits per heavy atom.